The van der Waals surface area contributed by atoms with Crippen molar-refractivity contribution in [1.29, 1.82) is 0 Å². The smallest absolute Gasteiger partial charge is 0.166 e. The zero-order valence-corrected chi connectivity index (χ0v) is 18.4. The van der Waals surface area contributed by atoms with Gasteiger partial charge in [0.2, 0.25) is 0 Å². The topological polar surface area (TPSA) is 9.23 Å². The maximum Gasteiger partial charge on any atom is 0.166 e. The van der Waals surface area contributed by atoms with Gasteiger partial charge in [0.1, 0.15) is 13.7 Å². The molecule has 1 aliphatic heterocycles. The average molecular weight is 434 g/mol. The Morgan fingerprint density at radius 3 is 2.25 bits per heavy atom. The number of ether oxygens (including phenoxy) is 1. The third kappa shape index (κ3) is 4.54. The van der Waals surface area contributed by atoms with Crippen LogP contribution in [0.5, 0.6) is 0 Å². The summed E-state index contributed by atoms with van der Waals surface area (Å²) in [5.74, 6) is -1.82. The molecule has 1 aliphatic rings. The second-order valence-electron chi connectivity index (χ2n) is 8.24. The van der Waals surface area contributed by atoms with Gasteiger partial charge in [0.05, 0.1) is 12.7 Å². The van der Waals surface area contributed by atoms with Crippen LogP contribution >= 0.6 is 0 Å². The van der Waals surface area contributed by atoms with E-state index in [-0.39, 0.29) is 23.4 Å². The highest BCUT2D eigenvalue weighted by Gasteiger charge is 2.24. The summed E-state index contributed by atoms with van der Waals surface area (Å²) in [6.07, 6.45) is 6.35. The summed E-state index contributed by atoms with van der Waals surface area (Å²) in [7, 11) is 1.79. The maximum atomic E-state index is 14.9. The molecule has 1 saturated heterocycles. The van der Waals surface area contributed by atoms with E-state index in [1.54, 1.807) is 50.3 Å². The first-order chi connectivity index (χ1) is 15.5. The molecule has 0 N–H and O–H groups in total. The predicted octanol–water partition coefficient (Wildman–Crippen LogP) is 6.41. The van der Waals surface area contributed by atoms with Gasteiger partial charge in [0.25, 0.3) is 0 Å². The summed E-state index contributed by atoms with van der Waals surface area (Å²) < 4.78 is 49.4. The van der Waals surface area contributed by atoms with Crippen molar-refractivity contribution in [2.75, 3.05) is 6.61 Å². The lowest BCUT2D eigenvalue weighted by molar-refractivity contribution is 0.0319. The van der Waals surface area contributed by atoms with Crippen LogP contribution in [-0.2, 0) is 11.1 Å². The van der Waals surface area contributed by atoms with E-state index in [1.807, 2.05) is 31.2 Å². The minimum Gasteiger partial charge on any atom is -0.374 e. The summed E-state index contributed by atoms with van der Waals surface area (Å²) in [6.45, 7) is 2.48. The first-order valence-corrected chi connectivity index (χ1v) is 11.1. The second kappa shape index (κ2) is 9.78. The molecular weight excluding hydrogens is 408 g/mol. The molecule has 2 unspecified atom stereocenters. The Bertz CT molecular complexity index is 1120. The van der Waals surface area contributed by atoms with E-state index < -0.39 is 11.6 Å². The van der Waals surface area contributed by atoms with Gasteiger partial charge in [-0.15, -0.1) is 0 Å². The Morgan fingerprint density at radius 1 is 0.906 bits per heavy atom. The minimum absolute atomic E-state index is 0.0527. The van der Waals surface area contributed by atoms with Crippen molar-refractivity contribution >= 4 is 7.85 Å². The van der Waals surface area contributed by atoms with Crippen LogP contribution in [0.15, 0.2) is 66.7 Å². The van der Waals surface area contributed by atoms with Gasteiger partial charge in [0.15, 0.2) is 11.6 Å². The van der Waals surface area contributed by atoms with E-state index >= 15 is 0 Å². The SMILES string of the molecule is BCc1ccc(-c2ccc(-c3ccc(C4CCC(/C=C/C)OC4)c(F)c3)cc2)c(F)c1F. The monoisotopic (exact) mass is 434 g/mol. The molecule has 1 fully saturated rings. The van der Waals surface area contributed by atoms with Crippen LogP contribution in [0.4, 0.5) is 13.2 Å². The van der Waals surface area contributed by atoms with Crippen molar-refractivity contribution in [3.8, 4) is 22.3 Å². The highest BCUT2D eigenvalue weighted by molar-refractivity contribution is 6.08. The summed E-state index contributed by atoms with van der Waals surface area (Å²) in [5, 5.41) is 0. The van der Waals surface area contributed by atoms with Crippen LogP contribution in [0.25, 0.3) is 22.3 Å². The van der Waals surface area contributed by atoms with E-state index in [2.05, 4.69) is 0 Å². The lowest BCUT2D eigenvalue weighted by atomic mass is 9.89. The molecule has 32 heavy (non-hydrogen) atoms. The molecule has 1 nitrogen and oxygen atoms in total. The lowest BCUT2D eigenvalue weighted by Gasteiger charge is -2.28. The fourth-order valence-corrected chi connectivity index (χ4v) is 4.35. The minimum atomic E-state index is -0.834. The third-order valence-electron chi connectivity index (χ3n) is 6.23. The molecule has 1 heterocycles. The first kappa shape index (κ1) is 22.4. The van der Waals surface area contributed by atoms with Gasteiger partial charge in [-0.3, -0.25) is 0 Å². The van der Waals surface area contributed by atoms with Crippen molar-refractivity contribution in [3.63, 3.8) is 0 Å². The fraction of sp³-hybridized carbons (Fsp3) is 0.259. The van der Waals surface area contributed by atoms with Gasteiger partial charge in [-0.05, 0) is 53.6 Å². The molecule has 0 amide bonds. The second-order valence-corrected chi connectivity index (χ2v) is 8.24. The van der Waals surface area contributed by atoms with Crippen LogP contribution in [0.2, 0.25) is 0 Å². The number of rotatable bonds is 5. The first-order valence-electron chi connectivity index (χ1n) is 11.1. The normalized spacial score (nSPS) is 18.9. The average Bonchev–Trinajstić information content (AvgIpc) is 2.82. The zero-order chi connectivity index (χ0) is 22.7. The molecule has 0 saturated carbocycles. The largest absolute Gasteiger partial charge is 0.374 e. The van der Waals surface area contributed by atoms with Crippen molar-refractivity contribution in [1.82, 2.24) is 0 Å². The van der Waals surface area contributed by atoms with Crippen LogP contribution in [0, 0.1) is 17.5 Å². The van der Waals surface area contributed by atoms with E-state index in [0.717, 1.165) is 24.0 Å². The molecule has 0 bridgehead atoms. The number of halogens is 3. The Morgan fingerprint density at radius 2 is 1.62 bits per heavy atom. The van der Waals surface area contributed by atoms with Gasteiger partial charge >= 0.3 is 0 Å². The lowest BCUT2D eigenvalue weighted by Crippen LogP contribution is -2.23. The predicted molar refractivity (Wildman–Crippen MR) is 126 cm³/mol. The summed E-state index contributed by atoms with van der Waals surface area (Å²) in [4.78, 5) is 0. The third-order valence-corrected chi connectivity index (χ3v) is 6.23. The highest BCUT2D eigenvalue weighted by Crippen LogP contribution is 2.33. The van der Waals surface area contributed by atoms with Crippen molar-refractivity contribution < 1.29 is 17.9 Å². The van der Waals surface area contributed by atoms with Gasteiger partial charge in [0, 0.05) is 11.5 Å². The molecule has 2 atom stereocenters. The molecule has 0 radical (unpaired) electrons. The Balaban J connectivity index is 1.53. The molecule has 3 aromatic carbocycles. The van der Waals surface area contributed by atoms with Crippen molar-refractivity contribution in [2.24, 2.45) is 0 Å². The van der Waals surface area contributed by atoms with E-state index in [9.17, 15) is 13.2 Å². The van der Waals surface area contributed by atoms with Gasteiger partial charge < -0.3 is 4.74 Å². The number of benzene rings is 3. The van der Waals surface area contributed by atoms with Gasteiger partial charge in [-0.25, -0.2) is 13.2 Å². The Kier molecular flexibility index (Phi) is 6.85. The summed E-state index contributed by atoms with van der Waals surface area (Å²) in [5.41, 5.74) is 3.41. The molecule has 5 heteroatoms. The summed E-state index contributed by atoms with van der Waals surface area (Å²) >= 11 is 0. The van der Waals surface area contributed by atoms with E-state index in [1.165, 1.54) is 0 Å². The maximum absolute atomic E-state index is 14.9. The van der Waals surface area contributed by atoms with Crippen molar-refractivity contribution in [2.45, 2.75) is 38.1 Å². The molecular formula is C27H26BF3O. The highest BCUT2D eigenvalue weighted by atomic mass is 19.2. The Labute approximate surface area is 188 Å². The van der Waals surface area contributed by atoms with Crippen LogP contribution in [0.1, 0.15) is 36.8 Å². The quantitative estimate of drug-likeness (QED) is 0.333. The van der Waals surface area contributed by atoms with Crippen LogP contribution in [0.3, 0.4) is 0 Å². The molecule has 4 rings (SSSR count). The molecule has 0 aromatic heterocycles. The Hall–Kier alpha value is -2.79. The van der Waals surface area contributed by atoms with Crippen molar-refractivity contribution in [3.05, 3.63) is 95.3 Å². The van der Waals surface area contributed by atoms with E-state index in [4.69, 9.17) is 4.74 Å². The number of allylic oxidation sites excluding steroid dienone is 1. The summed E-state index contributed by atoms with van der Waals surface area (Å²) in [6, 6.07) is 15.6. The molecule has 0 aliphatic carbocycles. The van der Waals surface area contributed by atoms with Crippen LogP contribution in [-0.4, -0.2) is 20.6 Å². The standard InChI is InChI=1S/C27H26BF3O/c1-2-3-22-11-8-21(16-32-22)23-12-9-19(14-25(23)29)17-4-6-18(7-5-17)24-13-10-20(15-28)26(30)27(24)31/h2-7,9-10,12-14,21-22H,8,11,15-16,28H2,1H3/b3-2+. The number of hydrogen-bond donors (Lipinski definition) is 0. The zero-order valence-electron chi connectivity index (χ0n) is 18.4. The van der Waals surface area contributed by atoms with Crippen LogP contribution < -0.4 is 0 Å². The van der Waals surface area contributed by atoms with E-state index in [0.29, 0.717) is 29.6 Å². The van der Waals surface area contributed by atoms with Gasteiger partial charge in [-0.1, -0.05) is 67.0 Å². The molecule has 164 valence electrons. The molecule has 3 aromatic rings. The number of hydrogen-bond acceptors (Lipinski definition) is 1. The molecule has 0 spiro atoms. The van der Waals surface area contributed by atoms with Gasteiger partial charge in [-0.2, -0.15) is 0 Å². The fourth-order valence-electron chi connectivity index (χ4n) is 4.35.